The minimum atomic E-state index is -4.61. The molecule has 0 spiro atoms. The van der Waals surface area contributed by atoms with Gasteiger partial charge in [0.1, 0.15) is 0 Å². The van der Waals surface area contributed by atoms with E-state index in [0.29, 0.717) is 0 Å². The van der Waals surface area contributed by atoms with E-state index < -0.39 is 9.05 Å². The molecule has 0 saturated heterocycles. The fourth-order valence-electron chi connectivity index (χ4n) is 0. The molecule has 0 aliphatic carbocycles. The van der Waals surface area contributed by atoms with Gasteiger partial charge in [0.05, 0.1) is 0 Å². The average Bonchev–Trinajstić information content (AvgIpc) is 0.722. The summed E-state index contributed by atoms with van der Waals surface area (Å²) in [4.78, 5) is 29.3. The van der Waals surface area contributed by atoms with E-state index in [0.717, 1.165) is 0 Å². The third-order valence-corrected chi connectivity index (χ3v) is 0. The molecule has 0 rings (SSSR count). The van der Waals surface area contributed by atoms with Crippen molar-refractivity contribution in [2.24, 2.45) is 0 Å². The van der Waals surface area contributed by atoms with E-state index in [1.54, 1.807) is 0 Å². The van der Waals surface area contributed by atoms with Gasteiger partial charge in [-0.05, 0) is 11.0 Å². The van der Waals surface area contributed by atoms with E-state index in [1.165, 1.54) is 0 Å². The first-order valence-corrected chi connectivity index (χ1v) is 2.68. The maximum absolute atomic E-state index is 7.33. The van der Waals surface area contributed by atoms with Crippen LogP contribution in [0.3, 0.4) is 0 Å². The van der Waals surface area contributed by atoms with Crippen molar-refractivity contribution in [2.45, 2.75) is 0 Å². The molecule has 0 amide bonds. The predicted octanol–water partition coefficient (Wildman–Crippen LogP) is -5.80. The van der Waals surface area contributed by atoms with Crippen LogP contribution in [-0.2, 0) is 0 Å². The van der Waals surface area contributed by atoms with Crippen molar-refractivity contribution < 1.29 is 24.7 Å². The Morgan fingerprint density at radius 1 is 0.875 bits per heavy atom. The molecule has 52 valence electrons. The van der Waals surface area contributed by atoms with Crippen LogP contribution in [0.25, 0.3) is 0 Å². The third-order valence-electron chi connectivity index (χ3n) is 0. The van der Waals surface area contributed by atoms with Gasteiger partial charge in [0, 0.05) is 0 Å². The van der Waals surface area contributed by atoms with Gasteiger partial charge in [-0.3, -0.25) is 0 Å². The van der Waals surface area contributed by atoms with E-state index in [9.17, 15) is 0 Å². The first-order valence-electron chi connectivity index (χ1n) is 0.894. The molecule has 8 heavy (non-hydrogen) atoms. The minimum Gasteiger partial charge on any atom is -0.0149 e. The fourth-order valence-corrected chi connectivity index (χ4v) is 0. The van der Waals surface area contributed by atoms with Crippen LogP contribution in [0.1, 0.15) is 0 Å². The Balaban J connectivity index is -0.0000000267. The number of rotatable bonds is 0. The quantitative estimate of drug-likeness (QED) is 0.284. The zero-order valence-electron chi connectivity index (χ0n) is 2.79. The van der Waals surface area contributed by atoms with E-state index in [2.05, 4.69) is 0 Å². The second kappa shape index (κ2) is 8.49. The van der Waals surface area contributed by atoms with E-state index in [4.69, 9.17) is 19.2 Å². The molecule has 0 saturated carbocycles. The van der Waals surface area contributed by atoms with Gasteiger partial charge in [-0.25, -0.2) is 0 Å². The van der Waals surface area contributed by atoms with Crippen LogP contribution in [0, 0.1) is 0 Å². The smallest absolute Gasteiger partial charge is 0.0149 e. The Morgan fingerprint density at radius 3 is 0.875 bits per heavy atom. The van der Waals surface area contributed by atoms with Crippen molar-refractivity contribution >= 4 is 57.8 Å². The molecule has 6 N–H and O–H groups in total. The van der Waals surface area contributed by atoms with Crippen molar-refractivity contribution in [3.8, 4) is 0 Å². The van der Waals surface area contributed by atoms with E-state index >= 15 is 0 Å². The van der Waals surface area contributed by atoms with Gasteiger partial charge < -0.3 is 24.7 Å². The zero-order valence-corrected chi connectivity index (χ0v) is 3.79. The molecule has 0 unspecified atom stereocenters. The van der Waals surface area contributed by atoms with Gasteiger partial charge in [-0.2, -0.15) is 0 Å². The minimum absolute atomic E-state index is 0. The van der Waals surface area contributed by atoms with Crippen molar-refractivity contribution in [2.75, 3.05) is 0 Å². The Kier molecular flexibility index (Phi) is 24.1. The van der Waals surface area contributed by atoms with Gasteiger partial charge in [0.15, 0.2) is 0 Å². The molecule has 0 radical (unpaired) electrons. The van der Waals surface area contributed by atoms with Crippen molar-refractivity contribution in [1.29, 1.82) is 0 Å². The topological polar surface area (TPSA) is 112 Å². The average molecular weight is 188 g/mol. The Morgan fingerprint density at radius 2 is 0.875 bits per heavy atom. The van der Waals surface area contributed by atoms with Crippen molar-refractivity contribution in [3.05, 3.63) is 0 Å². The van der Waals surface area contributed by atoms with E-state index in [1.807, 2.05) is 0 Å². The standard InChI is InChI=1S/Ca.H4O4Si.H2O.H4Si.2H/c;1-5(2,3)4;;;;/h;1-4H;1H2;1H4;;. The Labute approximate surface area is 81.8 Å². The summed E-state index contributed by atoms with van der Waals surface area (Å²) < 4.78 is 0. The summed E-state index contributed by atoms with van der Waals surface area (Å²) in [5, 5.41) is 0. The summed E-state index contributed by atoms with van der Waals surface area (Å²) in [6.45, 7) is 0. The van der Waals surface area contributed by atoms with E-state index in [-0.39, 0.29) is 54.2 Å². The Hall–Kier alpha value is 1.49. The zero-order chi connectivity index (χ0) is 4.50. The molecule has 0 aromatic heterocycles. The normalized spacial score (nSPS) is 7.50. The molecule has 0 fully saturated rings. The van der Waals surface area contributed by atoms with Crippen LogP contribution in [0.5, 0.6) is 0 Å². The summed E-state index contributed by atoms with van der Waals surface area (Å²) >= 11 is 0. The van der Waals surface area contributed by atoms with Gasteiger partial charge in [-0.1, -0.05) is 0 Å². The summed E-state index contributed by atoms with van der Waals surface area (Å²) in [5.41, 5.74) is 0. The molecule has 0 aromatic rings. The second-order valence-corrected chi connectivity index (χ2v) is 1.80. The molecular formula is H12CaO5Si2. The molecule has 0 aromatic carbocycles. The summed E-state index contributed by atoms with van der Waals surface area (Å²) in [6.07, 6.45) is 0. The SMILES string of the molecule is O.O[Si](O)(O)O.[CaH2].[SiH4]. The summed E-state index contributed by atoms with van der Waals surface area (Å²) in [5.74, 6) is 0. The first-order chi connectivity index (χ1) is 2.00. The molecule has 0 aliphatic heterocycles. The third kappa shape index (κ3) is 142. The molecule has 8 heteroatoms. The fraction of sp³-hybridized carbons (Fsp3) is 0. The van der Waals surface area contributed by atoms with Crippen LogP contribution in [-0.4, -0.2) is 82.4 Å². The van der Waals surface area contributed by atoms with Crippen LogP contribution in [0.15, 0.2) is 0 Å². The molecule has 0 aliphatic rings. The van der Waals surface area contributed by atoms with Crippen LogP contribution < -0.4 is 0 Å². The maximum atomic E-state index is 7.33. The largest absolute Gasteiger partial charge is 0.0149 e. The number of hydrogen-bond acceptors (Lipinski definition) is 4. The second-order valence-electron chi connectivity index (χ2n) is 0.600. The van der Waals surface area contributed by atoms with Crippen molar-refractivity contribution in [3.63, 3.8) is 0 Å². The predicted molar refractivity (Wildman–Crippen MR) is 38.1 cm³/mol. The van der Waals surface area contributed by atoms with Gasteiger partial charge in [0.2, 0.25) is 0 Å². The van der Waals surface area contributed by atoms with Gasteiger partial charge in [0.25, 0.3) is 0 Å². The molecule has 0 atom stereocenters. The first kappa shape index (κ1) is 22.7. The van der Waals surface area contributed by atoms with Crippen molar-refractivity contribution in [1.82, 2.24) is 0 Å². The Bertz CT molecular complexity index is 25.9. The monoisotopic (exact) mass is 188 g/mol. The van der Waals surface area contributed by atoms with Crippen LogP contribution in [0.4, 0.5) is 0 Å². The molecule has 5 nitrogen and oxygen atoms in total. The van der Waals surface area contributed by atoms with Crippen LogP contribution in [0.2, 0.25) is 0 Å². The molecule has 0 heterocycles. The molecular weight excluding hydrogens is 176 g/mol. The maximum Gasteiger partial charge on any atom is -0.0149 e. The number of hydrogen-bond donors (Lipinski definition) is 4. The summed E-state index contributed by atoms with van der Waals surface area (Å²) in [6, 6.07) is 0. The molecule has 0 bridgehead atoms. The van der Waals surface area contributed by atoms with Crippen LogP contribution >= 0.6 is 0 Å². The van der Waals surface area contributed by atoms with Gasteiger partial charge in [-0.15, -0.1) is 0 Å². The van der Waals surface area contributed by atoms with Gasteiger partial charge >= 0.3 is 46.8 Å². The summed E-state index contributed by atoms with van der Waals surface area (Å²) in [7, 11) is -4.61.